The van der Waals surface area contributed by atoms with Crippen molar-refractivity contribution in [2.24, 2.45) is 0 Å². The van der Waals surface area contributed by atoms with Gasteiger partial charge < -0.3 is 9.84 Å². The molecule has 0 saturated heterocycles. The van der Waals surface area contributed by atoms with Crippen LogP contribution in [-0.2, 0) is 6.54 Å². The zero-order chi connectivity index (χ0) is 12.4. The second kappa shape index (κ2) is 4.53. The minimum absolute atomic E-state index is 0.651. The van der Waals surface area contributed by atoms with Crippen LogP contribution in [0.25, 0.3) is 0 Å². The molecule has 0 aromatic carbocycles. The van der Waals surface area contributed by atoms with Crippen molar-refractivity contribution in [2.45, 2.75) is 34.2 Å². The zero-order valence-electron chi connectivity index (χ0n) is 10.5. The third-order valence-corrected chi connectivity index (χ3v) is 2.82. The van der Waals surface area contributed by atoms with E-state index in [9.17, 15) is 0 Å². The van der Waals surface area contributed by atoms with Crippen molar-refractivity contribution >= 4 is 5.82 Å². The lowest BCUT2D eigenvalue weighted by Gasteiger charge is -2.06. The molecule has 0 bridgehead atoms. The van der Waals surface area contributed by atoms with Crippen molar-refractivity contribution in [1.29, 1.82) is 0 Å². The fraction of sp³-hybridized carbons (Fsp3) is 0.417. The molecule has 0 aliphatic rings. The van der Waals surface area contributed by atoms with Crippen molar-refractivity contribution in [3.63, 3.8) is 0 Å². The molecule has 5 heteroatoms. The minimum Gasteiger partial charge on any atom is -0.365 e. The van der Waals surface area contributed by atoms with E-state index in [1.165, 1.54) is 0 Å². The smallest absolute Gasteiger partial charge is 0.145 e. The van der Waals surface area contributed by atoms with Crippen LogP contribution in [0.2, 0.25) is 0 Å². The van der Waals surface area contributed by atoms with E-state index in [0.717, 1.165) is 34.2 Å². The van der Waals surface area contributed by atoms with E-state index in [1.807, 2.05) is 27.7 Å². The van der Waals surface area contributed by atoms with Crippen LogP contribution >= 0.6 is 0 Å². The summed E-state index contributed by atoms with van der Waals surface area (Å²) in [5, 5.41) is 7.13. The number of nitrogens with zero attached hydrogens (tertiary/aromatic N) is 3. The molecular weight excluding hydrogens is 216 g/mol. The SMILES string of the molecule is Cc1ncc(NCc2c(C)noc2C)nc1C. The van der Waals surface area contributed by atoms with Crippen molar-refractivity contribution in [3.8, 4) is 0 Å². The number of nitrogens with one attached hydrogen (secondary N) is 1. The fourth-order valence-corrected chi connectivity index (χ4v) is 1.56. The summed E-state index contributed by atoms with van der Waals surface area (Å²) in [6.07, 6.45) is 1.74. The van der Waals surface area contributed by atoms with Gasteiger partial charge in [0.25, 0.3) is 0 Å². The van der Waals surface area contributed by atoms with E-state index in [-0.39, 0.29) is 0 Å². The van der Waals surface area contributed by atoms with Crippen LogP contribution in [0.15, 0.2) is 10.7 Å². The summed E-state index contributed by atoms with van der Waals surface area (Å²) < 4.78 is 5.10. The third kappa shape index (κ3) is 2.43. The normalized spacial score (nSPS) is 10.6. The molecule has 1 N–H and O–H groups in total. The molecular formula is C12H16N4O. The number of aromatic nitrogens is 3. The topological polar surface area (TPSA) is 63.8 Å². The van der Waals surface area contributed by atoms with Crippen molar-refractivity contribution < 1.29 is 4.52 Å². The highest BCUT2D eigenvalue weighted by Gasteiger charge is 2.08. The third-order valence-electron chi connectivity index (χ3n) is 2.82. The van der Waals surface area contributed by atoms with Gasteiger partial charge >= 0.3 is 0 Å². The predicted molar refractivity (Wildman–Crippen MR) is 64.8 cm³/mol. The largest absolute Gasteiger partial charge is 0.365 e. The van der Waals surface area contributed by atoms with E-state index in [4.69, 9.17) is 4.52 Å². The first-order chi connectivity index (χ1) is 8.08. The Hall–Kier alpha value is -1.91. The van der Waals surface area contributed by atoms with Gasteiger partial charge in [0, 0.05) is 12.1 Å². The van der Waals surface area contributed by atoms with Crippen LogP contribution in [0, 0.1) is 27.7 Å². The van der Waals surface area contributed by atoms with Crippen LogP contribution in [-0.4, -0.2) is 15.1 Å². The highest BCUT2D eigenvalue weighted by Crippen LogP contribution is 2.14. The summed E-state index contributed by atoms with van der Waals surface area (Å²) in [5.74, 6) is 1.61. The van der Waals surface area contributed by atoms with Gasteiger partial charge in [-0.3, -0.25) is 4.98 Å². The van der Waals surface area contributed by atoms with Crippen molar-refractivity contribution in [2.75, 3.05) is 5.32 Å². The number of hydrogen-bond donors (Lipinski definition) is 1. The zero-order valence-corrected chi connectivity index (χ0v) is 10.5. The molecule has 0 spiro atoms. The maximum atomic E-state index is 5.10. The first kappa shape index (κ1) is 11.6. The highest BCUT2D eigenvalue weighted by molar-refractivity contribution is 5.35. The maximum Gasteiger partial charge on any atom is 0.145 e. The number of anilines is 1. The molecule has 2 aromatic rings. The number of rotatable bonds is 3. The van der Waals surface area contributed by atoms with Gasteiger partial charge in [0.15, 0.2) is 0 Å². The number of hydrogen-bond acceptors (Lipinski definition) is 5. The van der Waals surface area contributed by atoms with Gasteiger partial charge in [0.1, 0.15) is 11.6 Å². The van der Waals surface area contributed by atoms with Gasteiger partial charge in [-0.25, -0.2) is 4.98 Å². The maximum absolute atomic E-state index is 5.10. The molecule has 0 radical (unpaired) electrons. The standard InChI is InChI=1S/C12H16N4O/c1-7-8(2)15-12(6-13-7)14-5-11-9(3)16-17-10(11)4/h6H,5H2,1-4H3,(H,14,15). The summed E-state index contributed by atoms with van der Waals surface area (Å²) in [7, 11) is 0. The summed E-state index contributed by atoms with van der Waals surface area (Å²) in [5.41, 5.74) is 3.87. The van der Waals surface area contributed by atoms with Crippen LogP contribution in [0.4, 0.5) is 5.82 Å². The van der Waals surface area contributed by atoms with E-state index >= 15 is 0 Å². The summed E-state index contributed by atoms with van der Waals surface area (Å²) >= 11 is 0. The quantitative estimate of drug-likeness (QED) is 0.879. The van der Waals surface area contributed by atoms with Crippen LogP contribution in [0.5, 0.6) is 0 Å². The Morgan fingerprint density at radius 3 is 2.47 bits per heavy atom. The lowest BCUT2D eigenvalue weighted by Crippen LogP contribution is -2.05. The molecule has 0 saturated carbocycles. The molecule has 2 heterocycles. The molecule has 5 nitrogen and oxygen atoms in total. The molecule has 0 atom stereocenters. The Labute approximate surface area is 100 Å². The Balaban J connectivity index is 2.10. The van der Waals surface area contributed by atoms with Crippen molar-refractivity contribution in [1.82, 2.24) is 15.1 Å². The summed E-state index contributed by atoms with van der Waals surface area (Å²) in [4.78, 5) is 8.67. The molecule has 0 unspecified atom stereocenters. The minimum atomic E-state index is 0.651. The molecule has 0 fully saturated rings. The van der Waals surface area contributed by atoms with Gasteiger partial charge in [0.2, 0.25) is 0 Å². The van der Waals surface area contributed by atoms with Gasteiger partial charge in [-0.05, 0) is 27.7 Å². The molecule has 17 heavy (non-hydrogen) atoms. The summed E-state index contributed by atoms with van der Waals surface area (Å²) in [6.45, 7) is 8.38. The lowest BCUT2D eigenvalue weighted by molar-refractivity contribution is 0.392. The first-order valence-corrected chi connectivity index (χ1v) is 5.54. The van der Waals surface area contributed by atoms with E-state index in [1.54, 1.807) is 6.20 Å². The average Bonchev–Trinajstić information content (AvgIpc) is 2.61. The second-order valence-electron chi connectivity index (χ2n) is 4.08. The van der Waals surface area contributed by atoms with Crippen LogP contribution in [0.3, 0.4) is 0 Å². The number of aryl methyl sites for hydroxylation is 4. The van der Waals surface area contributed by atoms with E-state index < -0.39 is 0 Å². The molecule has 0 aliphatic carbocycles. The monoisotopic (exact) mass is 232 g/mol. The van der Waals surface area contributed by atoms with E-state index in [0.29, 0.717) is 6.54 Å². The Morgan fingerprint density at radius 1 is 1.12 bits per heavy atom. The Bertz CT molecular complexity index is 514. The first-order valence-electron chi connectivity index (χ1n) is 5.54. The van der Waals surface area contributed by atoms with Crippen molar-refractivity contribution in [3.05, 3.63) is 34.6 Å². The van der Waals surface area contributed by atoms with Crippen LogP contribution in [0.1, 0.15) is 28.4 Å². The molecule has 0 amide bonds. The van der Waals surface area contributed by atoms with Gasteiger partial charge in [0.05, 0.1) is 23.3 Å². The van der Waals surface area contributed by atoms with E-state index in [2.05, 4.69) is 20.4 Å². The Kier molecular flexibility index (Phi) is 3.08. The average molecular weight is 232 g/mol. The molecule has 2 rings (SSSR count). The second-order valence-corrected chi connectivity index (χ2v) is 4.08. The van der Waals surface area contributed by atoms with Gasteiger partial charge in [-0.1, -0.05) is 5.16 Å². The van der Waals surface area contributed by atoms with Gasteiger partial charge in [-0.15, -0.1) is 0 Å². The molecule has 2 aromatic heterocycles. The highest BCUT2D eigenvalue weighted by atomic mass is 16.5. The fourth-order valence-electron chi connectivity index (χ4n) is 1.56. The van der Waals surface area contributed by atoms with Crippen LogP contribution < -0.4 is 5.32 Å². The Morgan fingerprint density at radius 2 is 1.88 bits per heavy atom. The predicted octanol–water partition coefficient (Wildman–Crippen LogP) is 2.31. The molecule has 90 valence electrons. The van der Waals surface area contributed by atoms with Gasteiger partial charge in [-0.2, -0.15) is 0 Å². The molecule has 0 aliphatic heterocycles. The summed E-state index contributed by atoms with van der Waals surface area (Å²) in [6, 6.07) is 0. The lowest BCUT2D eigenvalue weighted by atomic mass is 10.2.